The van der Waals surface area contributed by atoms with E-state index >= 15 is 0 Å². The van der Waals surface area contributed by atoms with Crippen LogP contribution in [0.25, 0.3) is 0 Å². The third kappa shape index (κ3) is 5.94. The van der Waals surface area contributed by atoms with Crippen molar-refractivity contribution in [3.63, 3.8) is 0 Å². The Hall–Kier alpha value is -0.610. The van der Waals surface area contributed by atoms with Crippen LogP contribution in [0.4, 0.5) is 0 Å². The maximum atomic E-state index is 11.0. The van der Waals surface area contributed by atoms with E-state index in [4.69, 9.17) is 9.47 Å². The van der Waals surface area contributed by atoms with Gasteiger partial charge in [-0.05, 0) is 20.9 Å². The lowest BCUT2D eigenvalue weighted by atomic mass is 10.3. The molecule has 0 rings (SSSR count). The zero-order chi connectivity index (χ0) is 11.0. The second-order valence-electron chi connectivity index (χ2n) is 3.34. The van der Waals surface area contributed by atoms with Crippen LogP contribution in [-0.2, 0) is 14.3 Å². The number of carbonyl (C=O) groups excluding carboxylic acids is 1. The fraction of sp³-hybridized carbons (Fsp3) is 0.900. The summed E-state index contributed by atoms with van der Waals surface area (Å²) >= 11 is 0. The number of methoxy groups -OCH3 is 1. The minimum Gasteiger partial charge on any atom is -0.466 e. The summed E-state index contributed by atoms with van der Waals surface area (Å²) < 4.78 is 9.86. The molecule has 0 saturated heterocycles. The fourth-order valence-electron chi connectivity index (χ4n) is 1.09. The highest BCUT2D eigenvalue weighted by Gasteiger charge is 2.10. The smallest absolute Gasteiger partial charge is 0.307 e. The average molecular weight is 203 g/mol. The highest BCUT2D eigenvalue weighted by Crippen LogP contribution is 1.98. The number of likely N-dealkylation sites (N-methyl/N-ethyl adjacent to an activating group) is 1. The highest BCUT2D eigenvalue weighted by molar-refractivity contribution is 5.69. The van der Waals surface area contributed by atoms with E-state index in [9.17, 15) is 4.79 Å². The fourth-order valence-corrected chi connectivity index (χ4v) is 1.09. The standard InChI is InChI=1S/C10H21NO3/c1-5-14-10(12)6-7-11(3)9(2)8-13-4/h9H,5-8H2,1-4H3. The van der Waals surface area contributed by atoms with E-state index in [2.05, 4.69) is 11.8 Å². The van der Waals surface area contributed by atoms with Gasteiger partial charge in [-0.3, -0.25) is 4.79 Å². The molecule has 0 aliphatic heterocycles. The molecule has 1 atom stereocenters. The molecule has 14 heavy (non-hydrogen) atoms. The van der Waals surface area contributed by atoms with E-state index in [0.717, 1.165) is 0 Å². The van der Waals surface area contributed by atoms with Crippen molar-refractivity contribution in [1.82, 2.24) is 4.90 Å². The molecule has 0 amide bonds. The van der Waals surface area contributed by atoms with E-state index in [1.807, 2.05) is 14.0 Å². The van der Waals surface area contributed by atoms with Gasteiger partial charge in [-0.1, -0.05) is 0 Å². The maximum Gasteiger partial charge on any atom is 0.307 e. The molecule has 0 bridgehead atoms. The monoisotopic (exact) mass is 203 g/mol. The van der Waals surface area contributed by atoms with Gasteiger partial charge in [0.2, 0.25) is 0 Å². The first-order valence-corrected chi connectivity index (χ1v) is 4.96. The average Bonchev–Trinajstić information content (AvgIpc) is 2.15. The highest BCUT2D eigenvalue weighted by atomic mass is 16.5. The molecule has 0 spiro atoms. The normalized spacial score (nSPS) is 12.9. The lowest BCUT2D eigenvalue weighted by Gasteiger charge is -2.23. The molecule has 0 aliphatic carbocycles. The summed E-state index contributed by atoms with van der Waals surface area (Å²) in [6.07, 6.45) is 0.443. The van der Waals surface area contributed by atoms with Crippen molar-refractivity contribution in [2.75, 3.05) is 33.9 Å². The zero-order valence-corrected chi connectivity index (χ0v) is 9.58. The number of esters is 1. The van der Waals surface area contributed by atoms with Crippen molar-refractivity contribution in [2.45, 2.75) is 26.3 Å². The number of carbonyl (C=O) groups is 1. The van der Waals surface area contributed by atoms with Gasteiger partial charge in [-0.25, -0.2) is 0 Å². The number of ether oxygens (including phenoxy) is 2. The molecule has 0 aromatic heterocycles. The molecule has 0 aliphatic rings. The largest absolute Gasteiger partial charge is 0.466 e. The van der Waals surface area contributed by atoms with Gasteiger partial charge < -0.3 is 14.4 Å². The van der Waals surface area contributed by atoms with Crippen LogP contribution >= 0.6 is 0 Å². The third-order valence-electron chi connectivity index (χ3n) is 2.13. The number of hydrogen-bond acceptors (Lipinski definition) is 4. The molecule has 0 radical (unpaired) electrons. The lowest BCUT2D eigenvalue weighted by molar-refractivity contribution is -0.143. The number of hydrogen-bond donors (Lipinski definition) is 0. The summed E-state index contributed by atoms with van der Waals surface area (Å²) in [6.45, 7) is 5.72. The lowest BCUT2D eigenvalue weighted by Crippen LogP contribution is -2.34. The molecule has 1 unspecified atom stereocenters. The van der Waals surface area contributed by atoms with Crippen molar-refractivity contribution in [2.24, 2.45) is 0 Å². The van der Waals surface area contributed by atoms with Gasteiger partial charge in [0.15, 0.2) is 0 Å². The van der Waals surface area contributed by atoms with Gasteiger partial charge >= 0.3 is 5.97 Å². The van der Waals surface area contributed by atoms with Crippen LogP contribution in [0.5, 0.6) is 0 Å². The Balaban J connectivity index is 3.61. The minimum absolute atomic E-state index is 0.135. The van der Waals surface area contributed by atoms with Crippen LogP contribution in [0.15, 0.2) is 0 Å². The molecule has 0 saturated carbocycles. The van der Waals surface area contributed by atoms with Crippen LogP contribution in [0, 0.1) is 0 Å². The Morgan fingerprint density at radius 2 is 2.14 bits per heavy atom. The Morgan fingerprint density at radius 1 is 1.50 bits per heavy atom. The molecule has 0 aromatic carbocycles. The Bertz CT molecular complexity index is 161. The first-order valence-electron chi connectivity index (χ1n) is 4.96. The van der Waals surface area contributed by atoms with Crippen molar-refractivity contribution in [3.8, 4) is 0 Å². The van der Waals surface area contributed by atoms with Crippen molar-refractivity contribution in [3.05, 3.63) is 0 Å². The van der Waals surface area contributed by atoms with Gasteiger partial charge in [0.25, 0.3) is 0 Å². The number of nitrogens with zero attached hydrogens (tertiary/aromatic N) is 1. The topological polar surface area (TPSA) is 38.8 Å². The summed E-state index contributed by atoms with van der Waals surface area (Å²) in [6, 6.07) is 0.328. The zero-order valence-electron chi connectivity index (χ0n) is 9.58. The number of rotatable bonds is 7. The molecule has 4 nitrogen and oxygen atoms in total. The Labute approximate surface area is 86.2 Å². The van der Waals surface area contributed by atoms with Gasteiger partial charge in [0.05, 0.1) is 19.6 Å². The van der Waals surface area contributed by atoms with Crippen LogP contribution in [-0.4, -0.2) is 50.8 Å². The Kier molecular flexibility index (Phi) is 7.42. The van der Waals surface area contributed by atoms with Crippen molar-refractivity contribution < 1.29 is 14.3 Å². The summed E-state index contributed by atoms with van der Waals surface area (Å²) in [5, 5.41) is 0. The van der Waals surface area contributed by atoms with Gasteiger partial charge in [-0.15, -0.1) is 0 Å². The van der Waals surface area contributed by atoms with Gasteiger partial charge in [-0.2, -0.15) is 0 Å². The van der Waals surface area contributed by atoms with Crippen LogP contribution in [0.2, 0.25) is 0 Å². The second-order valence-corrected chi connectivity index (χ2v) is 3.34. The van der Waals surface area contributed by atoms with E-state index in [1.54, 1.807) is 7.11 Å². The predicted octanol–water partition coefficient (Wildman–Crippen LogP) is 0.906. The molecule has 0 heterocycles. The van der Waals surface area contributed by atoms with Crippen molar-refractivity contribution >= 4 is 5.97 Å². The maximum absolute atomic E-state index is 11.0. The second kappa shape index (κ2) is 7.76. The summed E-state index contributed by atoms with van der Waals surface area (Å²) in [5.74, 6) is -0.135. The summed E-state index contributed by atoms with van der Waals surface area (Å²) in [5.41, 5.74) is 0. The molecule has 0 fully saturated rings. The third-order valence-corrected chi connectivity index (χ3v) is 2.13. The van der Waals surface area contributed by atoms with E-state index in [1.165, 1.54) is 0 Å². The first kappa shape index (κ1) is 13.4. The quantitative estimate of drug-likeness (QED) is 0.576. The molecular formula is C10H21NO3. The predicted molar refractivity (Wildman–Crippen MR) is 55.2 cm³/mol. The summed E-state index contributed by atoms with van der Waals surface area (Å²) in [4.78, 5) is 13.1. The molecule has 0 aromatic rings. The van der Waals surface area contributed by atoms with Crippen molar-refractivity contribution in [1.29, 1.82) is 0 Å². The molecule has 84 valence electrons. The Morgan fingerprint density at radius 3 is 2.64 bits per heavy atom. The van der Waals surface area contributed by atoms with E-state index in [-0.39, 0.29) is 5.97 Å². The van der Waals surface area contributed by atoms with Crippen LogP contribution < -0.4 is 0 Å². The molecule has 0 N–H and O–H groups in total. The molecule has 4 heteroatoms. The van der Waals surface area contributed by atoms with Crippen LogP contribution in [0.1, 0.15) is 20.3 Å². The summed E-state index contributed by atoms with van der Waals surface area (Å²) in [7, 11) is 3.65. The van der Waals surface area contributed by atoms with E-state index in [0.29, 0.717) is 32.2 Å². The van der Waals surface area contributed by atoms with E-state index < -0.39 is 0 Å². The molecular weight excluding hydrogens is 182 g/mol. The van der Waals surface area contributed by atoms with Gasteiger partial charge in [0.1, 0.15) is 0 Å². The minimum atomic E-state index is -0.135. The first-order chi connectivity index (χ1) is 6.61. The van der Waals surface area contributed by atoms with Crippen LogP contribution in [0.3, 0.4) is 0 Å². The SMILES string of the molecule is CCOC(=O)CCN(C)C(C)COC. The van der Waals surface area contributed by atoms with Gasteiger partial charge in [0, 0.05) is 19.7 Å².